The quantitative estimate of drug-likeness (QED) is 0.727. The lowest BCUT2D eigenvalue weighted by atomic mass is 9.79. The minimum atomic E-state index is 0.144. The first-order valence-electron chi connectivity index (χ1n) is 4.16. The van der Waals surface area contributed by atoms with Gasteiger partial charge in [0.1, 0.15) is 5.78 Å². The Morgan fingerprint density at radius 1 is 1.46 bits per heavy atom. The van der Waals surface area contributed by atoms with Crippen molar-refractivity contribution in [1.29, 1.82) is 0 Å². The lowest BCUT2D eigenvalue weighted by molar-refractivity contribution is -0.125. The minimum Gasteiger partial charge on any atom is -0.299 e. The first-order chi connectivity index (χ1) is 6.18. The van der Waals surface area contributed by atoms with E-state index < -0.39 is 0 Å². The average molecular weight is 307 g/mol. The minimum absolute atomic E-state index is 0.144. The first-order valence-corrected chi connectivity index (χ1v) is 5.62. The van der Waals surface area contributed by atoms with Crippen LogP contribution in [-0.2, 0) is 4.79 Å². The van der Waals surface area contributed by atoms with E-state index in [0.29, 0.717) is 5.78 Å². The van der Waals surface area contributed by atoms with Gasteiger partial charge in [-0.25, -0.2) is 0 Å². The number of carbonyl (C=O) groups is 1. The second-order valence-electron chi connectivity index (χ2n) is 3.23. The van der Waals surface area contributed by atoms with E-state index in [0.717, 1.165) is 27.0 Å². The Labute approximate surface area is 95.6 Å². The molecule has 1 saturated carbocycles. The highest BCUT2D eigenvalue weighted by Crippen LogP contribution is 2.34. The van der Waals surface area contributed by atoms with E-state index in [1.807, 2.05) is 18.2 Å². The van der Waals surface area contributed by atoms with E-state index in [9.17, 15) is 4.79 Å². The van der Waals surface area contributed by atoms with Crippen molar-refractivity contribution in [3.63, 3.8) is 0 Å². The van der Waals surface area contributed by atoms with Crippen molar-refractivity contribution >= 4 is 40.0 Å². The molecule has 2 rings (SSSR count). The molecule has 0 N–H and O–H groups in total. The Balaban J connectivity index is 2.31. The molecule has 1 aliphatic rings. The van der Waals surface area contributed by atoms with Gasteiger partial charge in [0.2, 0.25) is 0 Å². The van der Waals surface area contributed by atoms with Gasteiger partial charge in [-0.3, -0.25) is 4.79 Å². The van der Waals surface area contributed by atoms with Gasteiger partial charge in [0.25, 0.3) is 0 Å². The van der Waals surface area contributed by atoms with Crippen LogP contribution in [0.2, 0.25) is 5.02 Å². The van der Waals surface area contributed by atoms with Gasteiger partial charge in [0.15, 0.2) is 0 Å². The molecule has 1 aromatic rings. The predicted molar refractivity (Wildman–Crippen MR) is 61.2 cm³/mol. The Kier molecular flexibility index (Phi) is 2.60. The molecule has 68 valence electrons. The summed E-state index contributed by atoms with van der Waals surface area (Å²) >= 11 is 8.08. The molecule has 13 heavy (non-hydrogen) atoms. The maximum atomic E-state index is 11.2. The second-order valence-corrected chi connectivity index (χ2v) is 4.80. The summed E-state index contributed by atoms with van der Waals surface area (Å²) in [5.41, 5.74) is 1.12. The molecule has 0 radical (unpaired) electrons. The van der Waals surface area contributed by atoms with Crippen molar-refractivity contribution in [2.24, 2.45) is 0 Å². The van der Waals surface area contributed by atoms with Crippen LogP contribution >= 0.6 is 34.2 Å². The molecule has 0 aliphatic heterocycles. The summed E-state index contributed by atoms with van der Waals surface area (Å²) in [6, 6.07) is 5.82. The molecule has 0 bridgehead atoms. The van der Waals surface area contributed by atoms with Gasteiger partial charge in [0.05, 0.1) is 5.02 Å². The highest BCUT2D eigenvalue weighted by Gasteiger charge is 2.29. The van der Waals surface area contributed by atoms with Gasteiger partial charge in [-0.05, 0) is 46.7 Å². The summed E-state index contributed by atoms with van der Waals surface area (Å²) in [4.78, 5) is 11.2. The van der Waals surface area contributed by atoms with Crippen LogP contribution in [0.1, 0.15) is 24.3 Å². The maximum absolute atomic E-state index is 11.2. The number of rotatable bonds is 1. The second kappa shape index (κ2) is 3.58. The maximum Gasteiger partial charge on any atom is 0.140 e. The summed E-state index contributed by atoms with van der Waals surface area (Å²) in [7, 11) is 0. The summed E-state index contributed by atoms with van der Waals surface area (Å²) in [5.74, 6) is 0.504. The van der Waals surface area contributed by atoms with Crippen molar-refractivity contribution in [2.75, 3.05) is 0 Å². The lowest BCUT2D eigenvalue weighted by Gasteiger charge is -2.24. The van der Waals surface area contributed by atoms with Crippen LogP contribution in [0.3, 0.4) is 0 Å². The molecule has 1 fully saturated rings. The van der Waals surface area contributed by atoms with E-state index in [-0.39, 0.29) is 5.92 Å². The van der Waals surface area contributed by atoms with E-state index in [2.05, 4.69) is 22.6 Å². The Hall–Kier alpha value is -0.0900. The fourth-order valence-corrected chi connectivity index (χ4v) is 2.15. The molecule has 1 aromatic carbocycles. The molecule has 0 saturated heterocycles. The van der Waals surface area contributed by atoms with Crippen LogP contribution in [0, 0.1) is 3.57 Å². The van der Waals surface area contributed by atoms with E-state index in [4.69, 9.17) is 11.6 Å². The van der Waals surface area contributed by atoms with E-state index >= 15 is 0 Å². The lowest BCUT2D eigenvalue weighted by Crippen LogP contribution is -2.23. The van der Waals surface area contributed by atoms with Crippen molar-refractivity contribution in [2.45, 2.75) is 18.8 Å². The molecule has 0 aromatic heterocycles. The van der Waals surface area contributed by atoms with Crippen LogP contribution in [0.5, 0.6) is 0 Å². The summed E-state index contributed by atoms with van der Waals surface area (Å²) < 4.78 is 1.02. The number of Topliss-reactive ketones (excluding diaryl/α,β-unsaturated/α-hetero) is 1. The van der Waals surface area contributed by atoms with Crippen LogP contribution in [0.4, 0.5) is 0 Å². The Morgan fingerprint density at radius 2 is 2.23 bits per heavy atom. The molecule has 0 spiro atoms. The third-order valence-corrected chi connectivity index (χ3v) is 3.96. The Morgan fingerprint density at radius 3 is 2.69 bits per heavy atom. The van der Waals surface area contributed by atoms with Crippen molar-refractivity contribution in [3.05, 3.63) is 32.4 Å². The number of hydrogen-bond donors (Lipinski definition) is 0. The predicted octanol–water partition coefficient (Wildman–Crippen LogP) is 3.39. The van der Waals surface area contributed by atoms with Gasteiger partial charge in [-0.2, -0.15) is 0 Å². The van der Waals surface area contributed by atoms with Crippen molar-refractivity contribution in [3.8, 4) is 0 Å². The summed E-state index contributed by atoms with van der Waals surface area (Å²) in [5, 5.41) is 0.760. The zero-order valence-corrected chi connectivity index (χ0v) is 9.80. The molecule has 1 atom stereocenters. The molecule has 0 heterocycles. The number of halogens is 2. The van der Waals surface area contributed by atoms with Gasteiger partial charge < -0.3 is 0 Å². The zero-order valence-electron chi connectivity index (χ0n) is 6.89. The van der Waals surface area contributed by atoms with E-state index in [1.54, 1.807) is 0 Å². The third-order valence-electron chi connectivity index (χ3n) is 2.41. The third kappa shape index (κ3) is 1.74. The van der Waals surface area contributed by atoms with Gasteiger partial charge in [0, 0.05) is 15.9 Å². The standard InChI is InChI=1S/C10H8ClIO/c11-8-3-1-6(5-9(8)12)7-2-4-10(7)13/h1,3,5,7H,2,4H2. The van der Waals surface area contributed by atoms with Crippen molar-refractivity contribution in [1.82, 2.24) is 0 Å². The SMILES string of the molecule is O=C1CCC1c1ccc(Cl)c(I)c1. The van der Waals surface area contributed by atoms with Crippen LogP contribution in [-0.4, -0.2) is 5.78 Å². The van der Waals surface area contributed by atoms with Gasteiger partial charge >= 0.3 is 0 Å². The largest absolute Gasteiger partial charge is 0.299 e. The first kappa shape index (κ1) is 9.46. The molecular formula is C10H8ClIO. The van der Waals surface area contributed by atoms with Crippen molar-refractivity contribution < 1.29 is 4.79 Å². The molecule has 0 amide bonds. The monoisotopic (exact) mass is 306 g/mol. The molecule has 3 heteroatoms. The fraction of sp³-hybridized carbons (Fsp3) is 0.300. The van der Waals surface area contributed by atoms with Crippen LogP contribution < -0.4 is 0 Å². The summed E-state index contributed by atoms with van der Waals surface area (Å²) in [6.07, 6.45) is 1.74. The number of carbonyl (C=O) groups excluding carboxylic acids is 1. The zero-order chi connectivity index (χ0) is 9.42. The van der Waals surface area contributed by atoms with Gasteiger partial charge in [-0.15, -0.1) is 0 Å². The average Bonchev–Trinajstić information content (AvgIpc) is 2.09. The highest BCUT2D eigenvalue weighted by atomic mass is 127. The molecule has 1 unspecified atom stereocenters. The number of benzene rings is 1. The fourth-order valence-electron chi connectivity index (χ4n) is 1.49. The normalized spacial score (nSPS) is 21.4. The number of ketones is 1. The smallest absolute Gasteiger partial charge is 0.140 e. The molecule has 1 aliphatic carbocycles. The van der Waals surface area contributed by atoms with Crippen LogP contribution in [0.25, 0.3) is 0 Å². The number of hydrogen-bond acceptors (Lipinski definition) is 1. The highest BCUT2D eigenvalue weighted by molar-refractivity contribution is 14.1. The summed E-state index contributed by atoms with van der Waals surface area (Å²) in [6.45, 7) is 0. The van der Waals surface area contributed by atoms with E-state index in [1.165, 1.54) is 0 Å². The van der Waals surface area contributed by atoms with Gasteiger partial charge in [-0.1, -0.05) is 17.7 Å². The Bertz CT molecular complexity index is 362. The topological polar surface area (TPSA) is 17.1 Å². The van der Waals surface area contributed by atoms with Crippen LogP contribution in [0.15, 0.2) is 18.2 Å². The molecule has 1 nitrogen and oxygen atoms in total. The molecular weight excluding hydrogens is 298 g/mol.